The second-order valence-corrected chi connectivity index (χ2v) is 12.9. The second kappa shape index (κ2) is 12.6. The van der Waals surface area contributed by atoms with E-state index in [2.05, 4.69) is 30.6 Å². The van der Waals surface area contributed by atoms with Crippen LogP contribution in [0.4, 0.5) is 15.0 Å². The molecule has 0 radical (unpaired) electrons. The maximum atomic E-state index is 15.4. The Morgan fingerprint density at radius 2 is 1.80 bits per heavy atom. The number of rotatable bonds is 8. The molecule has 1 aliphatic carbocycles. The molecule has 2 N–H and O–H groups in total. The Hall–Kier alpha value is -4.91. The molecular weight excluding hydrogens is 597 g/mol. The lowest BCUT2D eigenvalue weighted by Gasteiger charge is -2.30. The zero-order chi connectivity index (χ0) is 31.6. The van der Waals surface area contributed by atoms with Gasteiger partial charge >= 0.3 is 6.09 Å². The molecule has 232 valence electrons. The van der Waals surface area contributed by atoms with Crippen LogP contribution in [0, 0.1) is 19.7 Å². The summed E-state index contributed by atoms with van der Waals surface area (Å²) >= 11 is 0. The lowest BCUT2D eigenvalue weighted by atomic mass is 9.91. The van der Waals surface area contributed by atoms with Gasteiger partial charge in [-0.25, -0.2) is 41.5 Å². The first-order valence-electron chi connectivity index (χ1n) is 14.6. The predicted octanol–water partition coefficient (Wildman–Crippen LogP) is 5.53. The van der Waals surface area contributed by atoms with Gasteiger partial charge in [-0.1, -0.05) is 48.0 Å². The van der Waals surface area contributed by atoms with Crippen molar-refractivity contribution in [2.75, 3.05) is 5.32 Å². The second-order valence-electron chi connectivity index (χ2n) is 11.1. The summed E-state index contributed by atoms with van der Waals surface area (Å²) in [6.45, 7) is 3.57. The van der Waals surface area contributed by atoms with Crippen LogP contribution in [-0.4, -0.2) is 50.5 Å². The summed E-state index contributed by atoms with van der Waals surface area (Å²) in [7, 11) is -4.02. The highest BCUT2D eigenvalue weighted by atomic mass is 32.2. The number of carbonyl (C=O) groups is 1. The SMILES string of the molecule is Cc1ccc(S(=O)(=O)n2cc(-c3nc(C)c(F)c(N[C@@H]4CCC[C@H](NC(=O)OCc5ccccc5)C4)n3)c3cncnc32)cc1. The predicted molar refractivity (Wildman–Crippen MR) is 166 cm³/mol. The van der Waals surface area contributed by atoms with Crippen molar-refractivity contribution < 1.29 is 22.3 Å². The number of hydrogen-bond acceptors (Lipinski definition) is 9. The lowest BCUT2D eigenvalue weighted by molar-refractivity contribution is 0.132. The number of halogens is 1. The third kappa shape index (κ3) is 6.48. The molecule has 1 amide bonds. The highest BCUT2D eigenvalue weighted by Crippen LogP contribution is 2.32. The minimum atomic E-state index is -4.02. The van der Waals surface area contributed by atoms with Crippen LogP contribution in [0.3, 0.4) is 0 Å². The van der Waals surface area contributed by atoms with Gasteiger partial charge in [0.1, 0.15) is 12.9 Å². The number of anilines is 1. The quantitative estimate of drug-likeness (QED) is 0.227. The molecule has 45 heavy (non-hydrogen) atoms. The van der Waals surface area contributed by atoms with Crippen LogP contribution >= 0.6 is 0 Å². The third-order valence-corrected chi connectivity index (χ3v) is 9.49. The van der Waals surface area contributed by atoms with Crippen molar-refractivity contribution >= 4 is 33.0 Å². The van der Waals surface area contributed by atoms with Crippen molar-refractivity contribution in [1.82, 2.24) is 29.2 Å². The number of aryl methyl sites for hydroxylation is 2. The molecule has 3 aromatic heterocycles. The number of ether oxygens (including phenoxy) is 1. The summed E-state index contributed by atoms with van der Waals surface area (Å²) in [6.07, 6.45) is 6.51. The van der Waals surface area contributed by atoms with E-state index in [1.54, 1.807) is 12.1 Å². The number of aromatic nitrogens is 5. The molecule has 11 nitrogen and oxygen atoms in total. The number of carbonyl (C=O) groups excluding carboxylic acids is 1. The molecule has 0 aliphatic heterocycles. The van der Waals surface area contributed by atoms with Crippen LogP contribution < -0.4 is 10.6 Å². The first kappa shape index (κ1) is 30.1. The number of amides is 1. The molecular formula is C32H32FN7O4S. The maximum absolute atomic E-state index is 15.4. The van der Waals surface area contributed by atoms with Gasteiger partial charge in [-0.05, 0) is 57.2 Å². The van der Waals surface area contributed by atoms with E-state index in [1.165, 1.54) is 37.8 Å². The van der Waals surface area contributed by atoms with Gasteiger partial charge in [0.15, 0.2) is 23.1 Å². The van der Waals surface area contributed by atoms with Crippen LogP contribution in [0.5, 0.6) is 0 Å². The van der Waals surface area contributed by atoms with Gasteiger partial charge in [-0.3, -0.25) is 0 Å². The Labute approximate surface area is 260 Å². The van der Waals surface area contributed by atoms with Crippen molar-refractivity contribution in [3.05, 3.63) is 96.0 Å². The van der Waals surface area contributed by atoms with Crippen molar-refractivity contribution in [2.24, 2.45) is 0 Å². The Kier molecular flexibility index (Phi) is 8.44. The van der Waals surface area contributed by atoms with Gasteiger partial charge in [-0.2, -0.15) is 0 Å². The van der Waals surface area contributed by atoms with E-state index in [0.29, 0.717) is 17.4 Å². The summed E-state index contributed by atoms with van der Waals surface area (Å²) in [4.78, 5) is 29.7. The molecule has 0 unspecified atom stereocenters. The standard InChI is InChI=1S/C32H32FN7O4S/c1-20-11-13-25(14-12-20)45(42,43)40-17-27(26-16-34-19-35-31(26)40)29-36-21(2)28(33)30(39-29)37-23-9-6-10-24(15-23)38-32(41)44-18-22-7-4-3-5-8-22/h3-5,7-8,11-14,16-17,19,23-24H,6,9-10,15,18H2,1-2H3,(H,38,41)(H,36,37,39)/t23-,24+/m1/s1. The van der Waals surface area contributed by atoms with E-state index in [-0.39, 0.29) is 46.6 Å². The highest BCUT2D eigenvalue weighted by molar-refractivity contribution is 7.90. The summed E-state index contributed by atoms with van der Waals surface area (Å²) < 4.78 is 49.1. The molecule has 0 saturated heterocycles. The summed E-state index contributed by atoms with van der Waals surface area (Å²) in [5.74, 6) is -0.485. The van der Waals surface area contributed by atoms with E-state index in [4.69, 9.17) is 4.74 Å². The minimum Gasteiger partial charge on any atom is -0.445 e. The van der Waals surface area contributed by atoms with E-state index in [0.717, 1.165) is 34.4 Å². The van der Waals surface area contributed by atoms with Gasteiger partial charge in [0.05, 0.1) is 10.6 Å². The molecule has 6 rings (SSSR count). The third-order valence-electron chi connectivity index (χ3n) is 7.82. The van der Waals surface area contributed by atoms with Gasteiger partial charge < -0.3 is 15.4 Å². The van der Waals surface area contributed by atoms with Crippen molar-refractivity contribution in [2.45, 2.75) is 63.1 Å². The van der Waals surface area contributed by atoms with Crippen molar-refractivity contribution in [3.63, 3.8) is 0 Å². The summed E-state index contributed by atoms with van der Waals surface area (Å²) in [5.41, 5.74) is 2.41. The molecule has 5 aromatic rings. The Morgan fingerprint density at radius 1 is 1.04 bits per heavy atom. The molecule has 1 aliphatic rings. The van der Waals surface area contributed by atoms with Gasteiger partial charge in [0.2, 0.25) is 0 Å². The zero-order valence-electron chi connectivity index (χ0n) is 24.8. The maximum Gasteiger partial charge on any atom is 0.407 e. The smallest absolute Gasteiger partial charge is 0.407 e. The van der Waals surface area contributed by atoms with Gasteiger partial charge in [-0.15, -0.1) is 0 Å². The number of hydrogen-bond donors (Lipinski definition) is 2. The molecule has 2 aromatic carbocycles. The van der Waals surface area contributed by atoms with E-state index in [1.807, 2.05) is 37.3 Å². The largest absolute Gasteiger partial charge is 0.445 e. The van der Waals surface area contributed by atoms with Gasteiger partial charge in [0, 0.05) is 35.4 Å². The first-order chi connectivity index (χ1) is 21.7. The van der Waals surface area contributed by atoms with E-state index in [9.17, 15) is 13.2 Å². The molecule has 1 saturated carbocycles. The van der Waals surface area contributed by atoms with Crippen LogP contribution in [0.25, 0.3) is 22.4 Å². The molecule has 0 bridgehead atoms. The highest BCUT2D eigenvalue weighted by Gasteiger charge is 2.28. The van der Waals surface area contributed by atoms with Crippen molar-refractivity contribution in [1.29, 1.82) is 0 Å². The van der Waals surface area contributed by atoms with E-state index < -0.39 is 21.9 Å². The fourth-order valence-electron chi connectivity index (χ4n) is 5.47. The van der Waals surface area contributed by atoms with Crippen molar-refractivity contribution in [3.8, 4) is 11.4 Å². The molecule has 13 heteroatoms. The Balaban J connectivity index is 1.23. The van der Waals surface area contributed by atoms with Crippen LogP contribution in [0.15, 0.2) is 78.2 Å². The number of alkyl carbamates (subject to hydrolysis) is 1. The minimum absolute atomic E-state index is 0.00561. The fourth-order valence-corrected chi connectivity index (χ4v) is 6.80. The number of fused-ring (bicyclic) bond motifs is 1. The molecule has 1 fully saturated rings. The number of nitrogens with zero attached hydrogens (tertiary/aromatic N) is 5. The first-order valence-corrected chi connectivity index (χ1v) is 16.0. The average molecular weight is 630 g/mol. The monoisotopic (exact) mass is 629 g/mol. The van der Waals surface area contributed by atoms with Crippen LogP contribution in [0.2, 0.25) is 0 Å². The Bertz CT molecular complexity index is 1950. The fraction of sp³-hybridized carbons (Fsp3) is 0.281. The normalized spacial score (nSPS) is 16.8. The van der Waals surface area contributed by atoms with Crippen LogP contribution in [-0.2, 0) is 21.4 Å². The molecule has 3 heterocycles. The number of nitrogens with one attached hydrogen (secondary N) is 2. The van der Waals surface area contributed by atoms with E-state index >= 15 is 4.39 Å². The number of benzene rings is 2. The Morgan fingerprint density at radius 3 is 2.58 bits per heavy atom. The van der Waals surface area contributed by atoms with Crippen LogP contribution in [0.1, 0.15) is 42.5 Å². The molecule has 2 atom stereocenters. The van der Waals surface area contributed by atoms with Gasteiger partial charge in [0.25, 0.3) is 10.0 Å². The summed E-state index contributed by atoms with van der Waals surface area (Å²) in [6, 6.07) is 15.6. The zero-order valence-corrected chi connectivity index (χ0v) is 25.6. The summed E-state index contributed by atoms with van der Waals surface area (Å²) in [5, 5.41) is 6.53. The lowest BCUT2D eigenvalue weighted by Crippen LogP contribution is -2.42. The molecule has 0 spiro atoms. The topological polar surface area (TPSA) is 141 Å². The average Bonchev–Trinajstić information content (AvgIpc) is 3.44.